The van der Waals surface area contributed by atoms with E-state index >= 15 is 0 Å². The van der Waals surface area contributed by atoms with Crippen LogP contribution in [0.25, 0.3) is 0 Å². The van der Waals surface area contributed by atoms with Crippen molar-refractivity contribution >= 4 is 5.69 Å². The Balaban J connectivity index is 2.54. The molecule has 0 unspecified atom stereocenters. The van der Waals surface area contributed by atoms with Crippen molar-refractivity contribution in [3.8, 4) is 11.6 Å². The van der Waals surface area contributed by atoms with Crippen LogP contribution < -0.4 is 15.2 Å². The van der Waals surface area contributed by atoms with Gasteiger partial charge in [0.1, 0.15) is 0 Å². The minimum atomic E-state index is 0.487. The van der Waals surface area contributed by atoms with Gasteiger partial charge in [0, 0.05) is 6.07 Å². The SMILES string of the molecule is CCCCCOc1cc(N)cnc1OC. The Kier molecular flexibility index (Phi) is 4.74. The molecule has 15 heavy (non-hydrogen) atoms. The van der Waals surface area contributed by atoms with Crippen LogP contribution in [0, 0.1) is 0 Å². The van der Waals surface area contributed by atoms with Crippen LogP contribution in [0.15, 0.2) is 12.3 Å². The highest BCUT2D eigenvalue weighted by Gasteiger charge is 2.05. The van der Waals surface area contributed by atoms with Crippen LogP contribution in [-0.2, 0) is 0 Å². The molecule has 4 nitrogen and oxygen atoms in total. The summed E-state index contributed by atoms with van der Waals surface area (Å²) in [5.74, 6) is 1.11. The fourth-order valence-electron chi connectivity index (χ4n) is 1.24. The molecule has 0 amide bonds. The second-order valence-corrected chi connectivity index (χ2v) is 3.33. The van der Waals surface area contributed by atoms with Crippen LogP contribution in [-0.4, -0.2) is 18.7 Å². The van der Waals surface area contributed by atoms with Gasteiger partial charge in [-0.05, 0) is 6.42 Å². The molecular formula is C11H18N2O2. The quantitative estimate of drug-likeness (QED) is 0.731. The average molecular weight is 210 g/mol. The first-order valence-corrected chi connectivity index (χ1v) is 5.20. The highest BCUT2D eigenvalue weighted by atomic mass is 16.5. The number of hydrogen-bond acceptors (Lipinski definition) is 4. The molecule has 2 N–H and O–H groups in total. The normalized spacial score (nSPS) is 10.0. The standard InChI is InChI=1S/C11H18N2O2/c1-3-4-5-6-15-10-7-9(12)8-13-11(10)14-2/h7-8H,3-6,12H2,1-2H3. The van der Waals surface area contributed by atoms with E-state index in [1.807, 2.05) is 0 Å². The van der Waals surface area contributed by atoms with Crippen molar-refractivity contribution in [2.45, 2.75) is 26.2 Å². The van der Waals surface area contributed by atoms with Crippen molar-refractivity contribution < 1.29 is 9.47 Å². The fraction of sp³-hybridized carbons (Fsp3) is 0.545. The van der Waals surface area contributed by atoms with Crippen molar-refractivity contribution in [2.24, 2.45) is 0 Å². The molecule has 84 valence electrons. The maximum absolute atomic E-state index is 5.61. The number of unbranched alkanes of at least 4 members (excludes halogenated alkanes) is 2. The lowest BCUT2D eigenvalue weighted by Crippen LogP contribution is -2.01. The Morgan fingerprint density at radius 1 is 1.40 bits per heavy atom. The summed E-state index contributed by atoms with van der Waals surface area (Å²) >= 11 is 0. The number of ether oxygens (including phenoxy) is 2. The number of methoxy groups -OCH3 is 1. The number of nitrogens with zero attached hydrogens (tertiary/aromatic N) is 1. The maximum atomic E-state index is 5.61. The lowest BCUT2D eigenvalue weighted by Gasteiger charge is -2.09. The van der Waals surface area contributed by atoms with E-state index in [2.05, 4.69) is 11.9 Å². The predicted octanol–water partition coefficient (Wildman–Crippen LogP) is 2.24. The van der Waals surface area contributed by atoms with Crippen molar-refractivity contribution in [1.82, 2.24) is 4.98 Å². The highest BCUT2D eigenvalue weighted by Crippen LogP contribution is 2.26. The summed E-state index contributed by atoms with van der Waals surface area (Å²) < 4.78 is 10.6. The van der Waals surface area contributed by atoms with E-state index in [4.69, 9.17) is 15.2 Å². The van der Waals surface area contributed by atoms with Gasteiger partial charge in [-0.25, -0.2) is 4.98 Å². The molecule has 0 aliphatic carbocycles. The first-order chi connectivity index (χ1) is 7.27. The molecule has 1 aromatic rings. The van der Waals surface area contributed by atoms with Crippen molar-refractivity contribution in [3.63, 3.8) is 0 Å². The smallest absolute Gasteiger partial charge is 0.256 e. The molecule has 0 aliphatic rings. The fourth-order valence-corrected chi connectivity index (χ4v) is 1.24. The van der Waals surface area contributed by atoms with Crippen molar-refractivity contribution in [2.75, 3.05) is 19.5 Å². The van der Waals surface area contributed by atoms with Crippen LogP contribution in [0.4, 0.5) is 5.69 Å². The number of hydrogen-bond donors (Lipinski definition) is 1. The zero-order chi connectivity index (χ0) is 11.1. The first kappa shape index (κ1) is 11.6. The Hall–Kier alpha value is -1.45. The molecule has 0 fully saturated rings. The van der Waals surface area contributed by atoms with Gasteiger partial charge in [-0.1, -0.05) is 19.8 Å². The molecule has 0 spiro atoms. The van der Waals surface area contributed by atoms with E-state index in [9.17, 15) is 0 Å². The van der Waals surface area contributed by atoms with Gasteiger partial charge in [0.05, 0.1) is 25.6 Å². The van der Waals surface area contributed by atoms with Gasteiger partial charge in [0.2, 0.25) is 0 Å². The number of anilines is 1. The number of nitrogen functional groups attached to an aromatic ring is 1. The Morgan fingerprint density at radius 3 is 2.87 bits per heavy atom. The second-order valence-electron chi connectivity index (χ2n) is 3.33. The summed E-state index contributed by atoms with van der Waals surface area (Å²) in [5, 5.41) is 0. The molecule has 0 saturated heterocycles. The molecule has 0 atom stereocenters. The predicted molar refractivity (Wildman–Crippen MR) is 60.2 cm³/mol. The topological polar surface area (TPSA) is 57.4 Å². The summed E-state index contributed by atoms with van der Waals surface area (Å²) in [4.78, 5) is 4.02. The van der Waals surface area contributed by atoms with Gasteiger partial charge in [0.25, 0.3) is 5.88 Å². The molecule has 1 aromatic heterocycles. The molecular weight excluding hydrogens is 192 g/mol. The van der Waals surface area contributed by atoms with Gasteiger partial charge >= 0.3 is 0 Å². The van der Waals surface area contributed by atoms with E-state index in [0.717, 1.165) is 12.8 Å². The minimum Gasteiger partial charge on any atom is -0.488 e. The largest absolute Gasteiger partial charge is 0.488 e. The molecule has 0 saturated carbocycles. The molecule has 0 aromatic carbocycles. The Bertz CT molecular complexity index is 303. The average Bonchev–Trinajstić information content (AvgIpc) is 2.25. The van der Waals surface area contributed by atoms with Crippen LogP contribution >= 0.6 is 0 Å². The van der Waals surface area contributed by atoms with E-state index < -0.39 is 0 Å². The zero-order valence-corrected chi connectivity index (χ0v) is 9.32. The lowest BCUT2D eigenvalue weighted by molar-refractivity contribution is 0.281. The number of aromatic nitrogens is 1. The zero-order valence-electron chi connectivity index (χ0n) is 9.32. The third-order valence-electron chi connectivity index (χ3n) is 2.04. The second kappa shape index (κ2) is 6.11. The Labute approximate surface area is 90.4 Å². The maximum Gasteiger partial charge on any atom is 0.256 e. The first-order valence-electron chi connectivity index (χ1n) is 5.20. The highest BCUT2D eigenvalue weighted by molar-refractivity contribution is 5.46. The molecule has 1 heterocycles. The van der Waals surface area contributed by atoms with E-state index in [1.54, 1.807) is 19.4 Å². The van der Waals surface area contributed by atoms with Gasteiger partial charge in [-0.3, -0.25) is 0 Å². The van der Waals surface area contributed by atoms with E-state index in [-0.39, 0.29) is 0 Å². The summed E-state index contributed by atoms with van der Waals surface area (Å²) in [7, 11) is 1.57. The molecule has 0 aliphatic heterocycles. The molecule has 1 rings (SSSR count). The Morgan fingerprint density at radius 2 is 2.20 bits per heavy atom. The summed E-state index contributed by atoms with van der Waals surface area (Å²) in [6.45, 7) is 2.83. The molecule has 0 radical (unpaired) electrons. The number of nitrogens with two attached hydrogens (primary N) is 1. The third-order valence-corrected chi connectivity index (χ3v) is 2.04. The molecule has 4 heteroatoms. The van der Waals surface area contributed by atoms with Crippen LogP contribution in [0.2, 0.25) is 0 Å². The van der Waals surface area contributed by atoms with Crippen LogP contribution in [0.5, 0.6) is 11.6 Å². The summed E-state index contributed by atoms with van der Waals surface area (Å²) in [6.07, 6.45) is 4.93. The monoisotopic (exact) mass is 210 g/mol. The summed E-state index contributed by atoms with van der Waals surface area (Å²) in [5.41, 5.74) is 6.20. The van der Waals surface area contributed by atoms with Gasteiger partial charge in [-0.15, -0.1) is 0 Å². The van der Waals surface area contributed by atoms with E-state index in [0.29, 0.717) is 23.9 Å². The lowest BCUT2D eigenvalue weighted by atomic mass is 10.3. The van der Waals surface area contributed by atoms with Crippen molar-refractivity contribution in [1.29, 1.82) is 0 Å². The van der Waals surface area contributed by atoms with Gasteiger partial charge in [-0.2, -0.15) is 0 Å². The number of rotatable bonds is 6. The van der Waals surface area contributed by atoms with Gasteiger partial charge in [0.15, 0.2) is 5.75 Å². The molecule has 0 bridgehead atoms. The van der Waals surface area contributed by atoms with Crippen LogP contribution in [0.1, 0.15) is 26.2 Å². The summed E-state index contributed by atoms with van der Waals surface area (Å²) in [6, 6.07) is 1.73. The minimum absolute atomic E-state index is 0.487. The van der Waals surface area contributed by atoms with Crippen LogP contribution in [0.3, 0.4) is 0 Å². The third kappa shape index (κ3) is 3.65. The van der Waals surface area contributed by atoms with Crippen molar-refractivity contribution in [3.05, 3.63) is 12.3 Å². The van der Waals surface area contributed by atoms with E-state index in [1.165, 1.54) is 6.42 Å². The number of pyridine rings is 1. The van der Waals surface area contributed by atoms with Gasteiger partial charge < -0.3 is 15.2 Å².